The zero-order chi connectivity index (χ0) is 14.3. The number of aliphatic hydroxyl groups is 1. The maximum Gasteiger partial charge on any atom is 0.257 e. The van der Waals surface area contributed by atoms with E-state index in [-0.39, 0.29) is 24.5 Å². The van der Waals surface area contributed by atoms with Crippen LogP contribution < -0.4 is 10.1 Å². The first-order chi connectivity index (χ1) is 8.93. The molecule has 1 rings (SSSR count). The fraction of sp³-hybridized carbons (Fsp3) is 0.533. The van der Waals surface area contributed by atoms with Gasteiger partial charge in [-0.25, -0.2) is 0 Å². The van der Waals surface area contributed by atoms with Gasteiger partial charge in [0, 0.05) is 13.2 Å². The molecule has 0 spiro atoms. The Morgan fingerprint density at radius 3 is 2.42 bits per heavy atom. The van der Waals surface area contributed by atoms with Gasteiger partial charge in [0.15, 0.2) is 6.61 Å². The molecule has 1 aromatic rings. The average Bonchev–Trinajstić information content (AvgIpc) is 2.36. The van der Waals surface area contributed by atoms with Crippen molar-refractivity contribution >= 4 is 5.91 Å². The monoisotopic (exact) mass is 265 g/mol. The van der Waals surface area contributed by atoms with Crippen LogP contribution in [0.5, 0.6) is 5.75 Å². The lowest BCUT2D eigenvalue weighted by Gasteiger charge is -2.19. The number of rotatable bonds is 6. The molecule has 0 aliphatic rings. The highest BCUT2D eigenvalue weighted by atomic mass is 16.5. The molecule has 0 aromatic heterocycles. The highest BCUT2D eigenvalue weighted by molar-refractivity contribution is 5.77. The summed E-state index contributed by atoms with van der Waals surface area (Å²) >= 11 is 0. The van der Waals surface area contributed by atoms with Crippen molar-refractivity contribution in [3.05, 3.63) is 29.8 Å². The summed E-state index contributed by atoms with van der Waals surface area (Å²) in [5.41, 5.74) is 1.34. The van der Waals surface area contributed by atoms with Crippen LogP contribution in [0.4, 0.5) is 0 Å². The number of ether oxygens (including phenoxy) is 1. The fourth-order valence-corrected chi connectivity index (χ4v) is 1.56. The number of carbonyl (C=O) groups is 1. The van der Waals surface area contributed by atoms with Gasteiger partial charge in [-0.1, -0.05) is 32.9 Å². The zero-order valence-electron chi connectivity index (χ0n) is 11.9. The predicted octanol–water partition coefficient (Wildman–Crippen LogP) is 1.86. The number of benzene rings is 1. The molecule has 2 N–H and O–H groups in total. The van der Waals surface area contributed by atoms with Crippen molar-refractivity contribution in [3.8, 4) is 5.75 Å². The van der Waals surface area contributed by atoms with Crippen LogP contribution in [0.25, 0.3) is 0 Å². The maximum atomic E-state index is 11.4. The quantitative estimate of drug-likeness (QED) is 0.772. The molecule has 0 bridgehead atoms. The Hall–Kier alpha value is -1.55. The molecule has 0 unspecified atom stereocenters. The molecule has 1 aromatic carbocycles. The second kappa shape index (κ2) is 7.14. The highest BCUT2D eigenvalue weighted by Crippen LogP contribution is 2.24. The molecule has 0 saturated carbocycles. The van der Waals surface area contributed by atoms with E-state index in [2.05, 4.69) is 26.1 Å². The van der Waals surface area contributed by atoms with Gasteiger partial charge in [0.1, 0.15) is 5.75 Å². The van der Waals surface area contributed by atoms with Gasteiger partial charge in [-0.3, -0.25) is 4.79 Å². The van der Waals surface area contributed by atoms with E-state index in [0.717, 1.165) is 0 Å². The van der Waals surface area contributed by atoms with Crippen LogP contribution in [0.1, 0.15) is 32.8 Å². The Bertz CT molecular complexity index is 393. The summed E-state index contributed by atoms with van der Waals surface area (Å²) in [7, 11) is 0. The summed E-state index contributed by atoms with van der Waals surface area (Å²) < 4.78 is 5.39. The molecule has 0 aliphatic heterocycles. The van der Waals surface area contributed by atoms with Crippen molar-refractivity contribution in [2.24, 2.45) is 0 Å². The number of aliphatic hydroxyl groups excluding tert-OH is 1. The van der Waals surface area contributed by atoms with Gasteiger partial charge >= 0.3 is 0 Å². The van der Waals surface area contributed by atoms with Crippen LogP contribution in [0.3, 0.4) is 0 Å². The van der Waals surface area contributed by atoms with E-state index in [1.807, 2.05) is 24.3 Å². The van der Waals surface area contributed by atoms with Gasteiger partial charge in [-0.2, -0.15) is 0 Å². The molecule has 0 saturated heterocycles. The minimum atomic E-state index is -0.173. The van der Waals surface area contributed by atoms with Gasteiger partial charge in [-0.05, 0) is 29.5 Å². The number of nitrogens with one attached hydrogen (secondary N) is 1. The molecule has 0 radical (unpaired) electrons. The summed E-state index contributed by atoms with van der Waals surface area (Å²) in [5, 5.41) is 11.3. The van der Waals surface area contributed by atoms with Gasteiger partial charge in [0.2, 0.25) is 0 Å². The number of hydrogen-bond acceptors (Lipinski definition) is 3. The largest absolute Gasteiger partial charge is 0.484 e. The molecule has 0 atom stereocenters. The first-order valence-corrected chi connectivity index (χ1v) is 6.54. The van der Waals surface area contributed by atoms with Crippen LogP contribution in [0.2, 0.25) is 0 Å². The van der Waals surface area contributed by atoms with Gasteiger partial charge in [0.25, 0.3) is 5.91 Å². The van der Waals surface area contributed by atoms with Gasteiger partial charge in [-0.15, -0.1) is 0 Å². The topological polar surface area (TPSA) is 58.6 Å². The van der Waals surface area contributed by atoms with E-state index >= 15 is 0 Å². The van der Waals surface area contributed by atoms with Crippen LogP contribution in [0.15, 0.2) is 24.3 Å². The van der Waals surface area contributed by atoms with Crippen LogP contribution in [0, 0.1) is 0 Å². The smallest absolute Gasteiger partial charge is 0.257 e. The first kappa shape index (κ1) is 15.5. The van der Waals surface area contributed by atoms with E-state index in [0.29, 0.717) is 18.7 Å². The molecule has 19 heavy (non-hydrogen) atoms. The third kappa shape index (κ3) is 5.75. The number of carbonyl (C=O) groups excluding carboxylic acids is 1. The molecule has 0 fully saturated rings. The summed E-state index contributed by atoms with van der Waals surface area (Å²) in [5.74, 6) is 0.513. The molecular formula is C15H23NO3. The molecule has 0 aliphatic carbocycles. The number of amides is 1. The van der Waals surface area contributed by atoms with Crippen molar-refractivity contribution in [1.29, 1.82) is 0 Å². The Labute approximate surface area is 114 Å². The van der Waals surface area contributed by atoms with E-state index in [1.165, 1.54) is 5.56 Å². The Balaban J connectivity index is 2.40. The predicted molar refractivity (Wildman–Crippen MR) is 75.3 cm³/mol. The molecule has 1 amide bonds. The van der Waals surface area contributed by atoms with E-state index in [9.17, 15) is 4.79 Å². The van der Waals surface area contributed by atoms with Crippen molar-refractivity contribution in [2.45, 2.75) is 32.6 Å². The van der Waals surface area contributed by atoms with Crippen molar-refractivity contribution in [1.82, 2.24) is 5.32 Å². The molecule has 4 nitrogen and oxygen atoms in total. The van der Waals surface area contributed by atoms with Crippen molar-refractivity contribution in [3.63, 3.8) is 0 Å². The second-order valence-corrected chi connectivity index (χ2v) is 5.49. The van der Waals surface area contributed by atoms with Crippen LogP contribution in [-0.2, 0) is 10.2 Å². The first-order valence-electron chi connectivity index (χ1n) is 6.54. The SMILES string of the molecule is CC(C)(C)c1ccc(OCC(=O)NCCCO)cc1. The highest BCUT2D eigenvalue weighted by Gasteiger charge is 2.13. The lowest BCUT2D eigenvalue weighted by Crippen LogP contribution is -2.30. The standard InChI is InChI=1S/C15H23NO3/c1-15(2,3)12-5-7-13(8-6-12)19-11-14(18)16-9-4-10-17/h5-8,17H,4,9-11H2,1-3H3,(H,16,18). The van der Waals surface area contributed by atoms with Crippen molar-refractivity contribution < 1.29 is 14.6 Å². The fourth-order valence-electron chi connectivity index (χ4n) is 1.56. The van der Waals surface area contributed by atoms with Crippen LogP contribution >= 0.6 is 0 Å². The molecule has 0 heterocycles. The zero-order valence-corrected chi connectivity index (χ0v) is 11.9. The Kier molecular flexibility index (Phi) is 5.83. The minimum Gasteiger partial charge on any atom is -0.484 e. The van der Waals surface area contributed by atoms with E-state index < -0.39 is 0 Å². The normalized spacial score (nSPS) is 11.2. The Morgan fingerprint density at radius 1 is 1.26 bits per heavy atom. The lowest BCUT2D eigenvalue weighted by molar-refractivity contribution is -0.123. The Morgan fingerprint density at radius 2 is 1.89 bits per heavy atom. The molecule has 106 valence electrons. The van der Waals surface area contributed by atoms with Gasteiger partial charge < -0.3 is 15.2 Å². The molecule has 4 heteroatoms. The summed E-state index contributed by atoms with van der Waals surface area (Å²) in [6.45, 7) is 7.00. The van der Waals surface area contributed by atoms with Crippen molar-refractivity contribution in [2.75, 3.05) is 19.8 Å². The summed E-state index contributed by atoms with van der Waals surface area (Å²) in [6.07, 6.45) is 0.562. The van der Waals surface area contributed by atoms with Gasteiger partial charge in [0.05, 0.1) is 0 Å². The van der Waals surface area contributed by atoms with Crippen LogP contribution in [-0.4, -0.2) is 30.8 Å². The second-order valence-electron chi connectivity index (χ2n) is 5.49. The third-order valence-corrected chi connectivity index (χ3v) is 2.75. The summed E-state index contributed by atoms with van der Waals surface area (Å²) in [6, 6.07) is 7.78. The molecular weight excluding hydrogens is 242 g/mol. The summed E-state index contributed by atoms with van der Waals surface area (Å²) in [4.78, 5) is 11.4. The third-order valence-electron chi connectivity index (χ3n) is 2.75. The van der Waals surface area contributed by atoms with E-state index in [4.69, 9.17) is 9.84 Å². The minimum absolute atomic E-state index is 0.000291. The lowest BCUT2D eigenvalue weighted by atomic mass is 9.87. The average molecular weight is 265 g/mol. The van der Waals surface area contributed by atoms with E-state index in [1.54, 1.807) is 0 Å². The number of hydrogen-bond donors (Lipinski definition) is 2. The maximum absolute atomic E-state index is 11.4.